The highest BCUT2D eigenvalue weighted by Gasteiger charge is 2.40. The van der Waals surface area contributed by atoms with Crippen LogP contribution < -0.4 is 5.73 Å². The summed E-state index contributed by atoms with van der Waals surface area (Å²) in [5, 5.41) is 1.30. The van der Waals surface area contributed by atoms with Gasteiger partial charge in [-0.1, -0.05) is 25.6 Å². The Hall–Kier alpha value is -0.610. The Morgan fingerprint density at radius 1 is 1.40 bits per heavy atom. The van der Waals surface area contributed by atoms with Crippen molar-refractivity contribution in [3.05, 3.63) is 18.5 Å². The lowest BCUT2D eigenvalue weighted by Gasteiger charge is -2.26. The predicted molar refractivity (Wildman–Crippen MR) is 62.7 cm³/mol. The van der Waals surface area contributed by atoms with Crippen molar-refractivity contribution in [1.29, 1.82) is 0 Å². The van der Waals surface area contributed by atoms with Crippen molar-refractivity contribution >= 4 is 11.8 Å². The van der Waals surface area contributed by atoms with Gasteiger partial charge in [0.2, 0.25) is 0 Å². The Morgan fingerprint density at radius 3 is 2.60 bits per heavy atom. The number of aromatic nitrogens is 2. The van der Waals surface area contributed by atoms with Crippen LogP contribution in [0.15, 0.2) is 23.6 Å². The molecule has 0 bridgehead atoms. The second kappa shape index (κ2) is 4.10. The predicted octanol–water partition coefficient (Wildman–Crippen LogP) is 2.08. The number of rotatable bonds is 2. The van der Waals surface area contributed by atoms with Gasteiger partial charge in [-0.15, -0.1) is 0 Å². The lowest BCUT2D eigenvalue weighted by Crippen LogP contribution is -2.38. The summed E-state index contributed by atoms with van der Waals surface area (Å²) in [4.78, 5) is 8.44. The van der Waals surface area contributed by atoms with Crippen LogP contribution in [0.4, 0.5) is 0 Å². The van der Waals surface area contributed by atoms with Crippen molar-refractivity contribution < 1.29 is 0 Å². The first-order valence-corrected chi connectivity index (χ1v) is 6.17. The fraction of sp³-hybridized carbons (Fsp3) is 0.636. The Kier molecular flexibility index (Phi) is 2.98. The summed E-state index contributed by atoms with van der Waals surface area (Å²) in [5.41, 5.74) is 6.48. The topological polar surface area (TPSA) is 51.8 Å². The molecule has 1 aromatic heterocycles. The first-order chi connectivity index (χ1) is 7.09. The molecule has 1 fully saturated rings. The van der Waals surface area contributed by atoms with E-state index in [1.807, 2.05) is 6.07 Å². The molecule has 2 rings (SSSR count). The van der Waals surface area contributed by atoms with Gasteiger partial charge in [-0.2, -0.15) is 0 Å². The molecule has 0 aromatic carbocycles. The van der Waals surface area contributed by atoms with Crippen LogP contribution in [0, 0.1) is 5.41 Å². The van der Waals surface area contributed by atoms with Crippen LogP contribution >= 0.6 is 11.8 Å². The SMILES string of the molecule is CC1(C)CCC(Sc2ncccn2)C1N. The zero-order valence-corrected chi connectivity index (χ0v) is 10.00. The minimum Gasteiger partial charge on any atom is -0.326 e. The van der Waals surface area contributed by atoms with Crippen molar-refractivity contribution in [3.8, 4) is 0 Å². The third-order valence-corrected chi connectivity index (χ3v) is 4.43. The van der Waals surface area contributed by atoms with Crippen LogP contribution in [0.1, 0.15) is 26.7 Å². The van der Waals surface area contributed by atoms with E-state index in [1.54, 1.807) is 24.2 Å². The highest BCUT2D eigenvalue weighted by atomic mass is 32.2. The third-order valence-electron chi connectivity index (χ3n) is 3.17. The molecule has 1 saturated carbocycles. The molecule has 4 heteroatoms. The van der Waals surface area contributed by atoms with Crippen LogP contribution in [-0.2, 0) is 0 Å². The number of nitrogens with zero attached hydrogens (tertiary/aromatic N) is 2. The third kappa shape index (κ3) is 2.32. The molecule has 0 saturated heterocycles. The molecule has 0 aliphatic heterocycles. The molecule has 82 valence electrons. The van der Waals surface area contributed by atoms with Gasteiger partial charge in [0, 0.05) is 23.7 Å². The van der Waals surface area contributed by atoms with Gasteiger partial charge in [0.1, 0.15) is 0 Å². The minimum atomic E-state index is 0.242. The van der Waals surface area contributed by atoms with Crippen LogP contribution in [0.5, 0.6) is 0 Å². The fourth-order valence-corrected chi connectivity index (χ4v) is 3.24. The van der Waals surface area contributed by atoms with E-state index in [0.29, 0.717) is 5.25 Å². The lowest BCUT2D eigenvalue weighted by molar-refractivity contribution is 0.334. The van der Waals surface area contributed by atoms with Crippen molar-refractivity contribution in [2.45, 2.75) is 43.1 Å². The summed E-state index contributed by atoms with van der Waals surface area (Å²) in [6.07, 6.45) is 5.91. The number of hydrogen-bond donors (Lipinski definition) is 1. The second-order valence-corrected chi connectivity index (χ2v) is 5.95. The van der Waals surface area contributed by atoms with E-state index in [-0.39, 0.29) is 11.5 Å². The van der Waals surface area contributed by atoms with E-state index in [0.717, 1.165) is 11.6 Å². The molecular weight excluding hydrogens is 206 g/mol. The average Bonchev–Trinajstić information content (AvgIpc) is 2.47. The van der Waals surface area contributed by atoms with E-state index < -0.39 is 0 Å². The molecule has 0 radical (unpaired) electrons. The normalized spacial score (nSPS) is 29.3. The van der Waals surface area contributed by atoms with Gasteiger partial charge in [0.15, 0.2) is 5.16 Å². The Bertz CT molecular complexity index is 326. The second-order valence-electron chi connectivity index (χ2n) is 4.74. The maximum absolute atomic E-state index is 6.23. The lowest BCUT2D eigenvalue weighted by atomic mass is 9.88. The van der Waals surface area contributed by atoms with Crippen molar-refractivity contribution in [2.75, 3.05) is 0 Å². The molecule has 0 amide bonds. The van der Waals surface area contributed by atoms with Crippen molar-refractivity contribution in [2.24, 2.45) is 11.1 Å². The highest BCUT2D eigenvalue weighted by molar-refractivity contribution is 7.99. The van der Waals surface area contributed by atoms with Crippen molar-refractivity contribution in [3.63, 3.8) is 0 Å². The van der Waals surface area contributed by atoms with Gasteiger partial charge >= 0.3 is 0 Å². The largest absolute Gasteiger partial charge is 0.326 e. The fourth-order valence-electron chi connectivity index (χ4n) is 1.98. The Labute approximate surface area is 94.9 Å². The van der Waals surface area contributed by atoms with Crippen molar-refractivity contribution in [1.82, 2.24) is 9.97 Å². The van der Waals surface area contributed by atoms with E-state index in [9.17, 15) is 0 Å². The van der Waals surface area contributed by atoms with Gasteiger partial charge in [-0.25, -0.2) is 9.97 Å². The molecule has 15 heavy (non-hydrogen) atoms. The zero-order valence-electron chi connectivity index (χ0n) is 9.18. The summed E-state index contributed by atoms with van der Waals surface area (Å²) in [6.45, 7) is 4.48. The number of hydrogen-bond acceptors (Lipinski definition) is 4. The zero-order chi connectivity index (χ0) is 10.9. The minimum absolute atomic E-state index is 0.242. The molecule has 2 N–H and O–H groups in total. The summed E-state index contributed by atoms with van der Waals surface area (Å²) >= 11 is 1.71. The summed E-state index contributed by atoms with van der Waals surface area (Å²) < 4.78 is 0. The molecule has 0 spiro atoms. The smallest absolute Gasteiger partial charge is 0.187 e. The van der Waals surface area contributed by atoms with E-state index >= 15 is 0 Å². The first kappa shape index (κ1) is 10.9. The molecule has 2 unspecified atom stereocenters. The highest BCUT2D eigenvalue weighted by Crippen LogP contribution is 2.42. The molecule has 2 atom stereocenters. The summed E-state index contributed by atoms with van der Waals surface area (Å²) in [7, 11) is 0. The molecule has 1 aromatic rings. The van der Waals surface area contributed by atoms with Gasteiger partial charge in [0.25, 0.3) is 0 Å². The van der Waals surface area contributed by atoms with Crippen LogP contribution in [-0.4, -0.2) is 21.3 Å². The van der Waals surface area contributed by atoms with Crippen LogP contribution in [0.25, 0.3) is 0 Å². The van der Waals surface area contributed by atoms with Gasteiger partial charge in [-0.05, 0) is 24.3 Å². The van der Waals surface area contributed by atoms with Gasteiger partial charge in [-0.3, -0.25) is 0 Å². The summed E-state index contributed by atoms with van der Waals surface area (Å²) in [5.74, 6) is 0. The van der Waals surface area contributed by atoms with E-state index in [1.165, 1.54) is 6.42 Å². The molecule has 1 heterocycles. The molecule has 1 aliphatic carbocycles. The molecule has 3 nitrogen and oxygen atoms in total. The molecular formula is C11H17N3S. The first-order valence-electron chi connectivity index (χ1n) is 5.29. The average molecular weight is 223 g/mol. The number of nitrogens with two attached hydrogens (primary N) is 1. The van der Waals surface area contributed by atoms with Gasteiger partial charge in [0.05, 0.1) is 0 Å². The Morgan fingerprint density at radius 2 is 2.07 bits per heavy atom. The number of thioether (sulfide) groups is 1. The van der Waals surface area contributed by atoms with E-state index in [2.05, 4.69) is 23.8 Å². The standard InChI is InChI=1S/C11H17N3S/c1-11(2)5-4-8(9(11)12)15-10-13-6-3-7-14-10/h3,6-9H,4-5,12H2,1-2H3. The van der Waals surface area contributed by atoms with Crippen LogP contribution in [0.3, 0.4) is 0 Å². The maximum Gasteiger partial charge on any atom is 0.187 e. The quantitative estimate of drug-likeness (QED) is 0.780. The Balaban J connectivity index is 2.03. The summed E-state index contributed by atoms with van der Waals surface area (Å²) in [6, 6.07) is 2.08. The monoisotopic (exact) mass is 223 g/mol. The van der Waals surface area contributed by atoms with Crippen LogP contribution in [0.2, 0.25) is 0 Å². The molecule has 1 aliphatic rings. The maximum atomic E-state index is 6.23. The van der Waals surface area contributed by atoms with Gasteiger partial charge < -0.3 is 5.73 Å². The van der Waals surface area contributed by atoms with E-state index in [4.69, 9.17) is 5.73 Å².